The lowest BCUT2D eigenvalue weighted by molar-refractivity contribution is -0.247. The van der Waals surface area contributed by atoms with Crippen LogP contribution in [0.4, 0.5) is 0 Å². The molecule has 0 aliphatic carbocycles. The lowest BCUT2D eigenvalue weighted by Gasteiger charge is -2.34. The molecule has 0 aromatic heterocycles. The highest BCUT2D eigenvalue weighted by atomic mass is 16.7. The van der Waals surface area contributed by atoms with E-state index in [4.69, 9.17) is 9.47 Å². The number of rotatable bonds is 2. The summed E-state index contributed by atoms with van der Waals surface area (Å²) < 4.78 is 11.8. The van der Waals surface area contributed by atoms with Crippen molar-refractivity contribution < 1.29 is 9.47 Å². The first kappa shape index (κ1) is 13.5. The molecule has 1 aliphatic rings. The van der Waals surface area contributed by atoms with Gasteiger partial charge in [-0.3, -0.25) is 4.90 Å². The van der Waals surface area contributed by atoms with Gasteiger partial charge in [0.2, 0.25) is 0 Å². The Kier molecular flexibility index (Phi) is 4.05. The molecule has 3 heteroatoms. The van der Waals surface area contributed by atoms with E-state index in [1.807, 2.05) is 14.1 Å². The molecule has 100 valence electrons. The van der Waals surface area contributed by atoms with Crippen molar-refractivity contribution in [3.05, 3.63) is 34.4 Å². The number of aryl methyl sites for hydroxylation is 2. The van der Waals surface area contributed by atoms with Crippen molar-refractivity contribution in [2.24, 2.45) is 0 Å². The molecule has 1 heterocycles. The third-order valence-corrected chi connectivity index (χ3v) is 3.60. The second-order valence-electron chi connectivity index (χ2n) is 5.34. The van der Waals surface area contributed by atoms with Crippen LogP contribution in [0.1, 0.15) is 35.0 Å². The monoisotopic (exact) mass is 249 g/mol. The van der Waals surface area contributed by atoms with Crippen LogP contribution in [0, 0.1) is 20.8 Å². The van der Waals surface area contributed by atoms with Crippen LogP contribution in [0.15, 0.2) is 12.1 Å². The summed E-state index contributed by atoms with van der Waals surface area (Å²) in [6.07, 6.45) is 0.835. The molecule has 2 unspecified atom stereocenters. The first-order valence-corrected chi connectivity index (χ1v) is 6.50. The summed E-state index contributed by atoms with van der Waals surface area (Å²) in [6.45, 7) is 7.14. The zero-order valence-electron chi connectivity index (χ0n) is 12.0. The second-order valence-corrected chi connectivity index (χ2v) is 5.34. The van der Waals surface area contributed by atoms with E-state index in [1.165, 1.54) is 22.3 Å². The van der Waals surface area contributed by atoms with Crippen LogP contribution in [0.5, 0.6) is 0 Å². The fraction of sp³-hybridized carbons (Fsp3) is 0.600. The minimum atomic E-state index is -0.232. The minimum absolute atomic E-state index is 0.143. The smallest absolute Gasteiger partial charge is 0.186 e. The third-order valence-electron chi connectivity index (χ3n) is 3.60. The van der Waals surface area contributed by atoms with Gasteiger partial charge in [-0.05, 0) is 46.0 Å². The van der Waals surface area contributed by atoms with Crippen LogP contribution in [0.25, 0.3) is 0 Å². The second kappa shape index (κ2) is 5.39. The number of hydrogen-bond donors (Lipinski definition) is 0. The zero-order valence-corrected chi connectivity index (χ0v) is 12.0. The van der Waals surface area contributed by atoms with Gasteiger partial charge < -0.3 is 9.47 Å². The van der Waals surface area contributed by atoms with E-state index in [1.54, 1.807) is 0 Å². The Hall–Kier alpha value is -0.900. The average molecular weight is 249 g/mol. The highest BCUT2D eigenvalue weighted by molar-refractivity contribution is 5.38. The number of benzene rings is 1. The van der Waals surface area contributed by atoms with Gasteiger partial charge in [-0.2, -0.15) is 0 Å². The molecule has 1 aromatic rings. The van der Waals surface area contributed by atoms with Gasteiger partial charge in [0, 0.05) is 12.0 Å². The molecule has 0 spiro atoms. The maximum atomic E-state index is 6.03. The van der Waals surface area contributed by atoms with Crippen LogP contribution in [-0.2, 0) is 9.47 Å². The predicted octanol–water partition coefficient (Wildman–Crippen LogP) is 2.94. The third kappa shape index (κ3) is 2.74. The van der Waals surface area contributed by atoms with Gasteiger partial charge in [0.05, 0.1) is 6.61 Å². The molecule has 1 aliphatic heterocycles. The van der Waals surface area contributed by atoms with Crippen LogP contribution in [-0.4, -0.2) is 31.8 Å². The lowest BCUT2D eigenvalue weighted by Crippen LogP contribution is -2.37. The van der Waals surface area contributed by atoms with Crippen molar-refractivity contribution >= 4 is 0 Å². The van der Waals surface area contributed by atoms with Gasteiger partial charge in [-0.25, -0.2) is 0 Å². The molecule has 1 aromatic carbocycles. The zero-order chi connectivity index (χ0) is 13.3. The molecular weight excluding hydrogens is 226 g/mol. The Morgan fingerprint density at radius 2 is 1.89 bits per heavy atom. The molecule has 0 bridgehead atoms. The van der Waals surface area contributed by atoms with Crippen LogP contribution in [0.2, 0.25) is 0 Å². The van der Waals surface area contributed by atoms with E-state index in [2.05, 4.69) is 37.8 Å². The first-order valence-electron chi connectivity index (χ1n) is 6.50. The Balaban J connectivity index is 2.26. The number of nitrogens with zero attached hydrogens (tertiary/aromatic N) is 1. The summed E-state index contributed by atoms with van der Waals surface area (Å²) in [5, 5.41) is 0. The highest BCUT2D eigenvalue weighted by Crippen LogP contribution is 2.31. The molecule has 2 rings (SSSR count). The molecule has 2 atom stereocenters. The molecule has 18 heavy (non-hydrogen) atoms. The predicted molar refractivity (Wildman–Crippen MR) is 72.5 cm³/mol. The summed E-state index contributed by atoms with van der Waals surface area (Å²) >= 11 is 0. The molecule has 1 fully saturated rings. The normalized spacial score (nSPS) is 24.6. The standard InChI is InChI=1S/C15H23NO2/c1-10-8-11(2)12(3)13(9-10)15-17-7-6-14(18-15)16(4)5/h8-9,14-15H,6-7H2,1-5H3. The largest absolute Gasteiger partial charge is 0.348 e. The van der Waals surface area contributed by atoms with Crippen molar-refractivity contribution in [1.82, 2.24) is 4.90 Å². The van der Waals surface area contributed by atoms with Crippen molar-refractivity contribution in [2.75, 3.05) is 20.7 Å². The summed E-state index contributed by atoms with van der Waals surface area (Å²) in [6, 6.07) is 4.37. The fourth-order valence-electron chi connectivity index (χ4n) is 2.39. The van der Waals surface area contributed by atoms with Crippen molar-refractivity contribution in [1.29, 1.82) is 0 Å². The topological polar surface area (TPSA) is 21.7 Å². The Bertz CT molecular complexity index is 429. The Morgan fingerprint density at radius 3 is 2.56 bits per heavy atom. The van der Waals surface area contributed by atoms with Crippen molar-refractivity contribution in [3.8, 4) is 0 Å². The van der Waals surface area contributed by atoms with E-state index in [0.717, 1.165) is 13.0 Å². The lowest BCUT2D eigenvalue weighted by atomic mass is 9.99. The van der Waals surface area contributed by atoms with E-state index in [-0.39, 0.29) is 12.5 Å². The van der Waals surface area contributed by atoms with Crippen molar-refractivity contribution in [3.63, 3.8) is 0 Å². The summed E-state index contributed by atoms with van der Waals surface area (Å²) in [5.74, 6) is 0. The van der Waals surface area contributed by atoms with E-state index in [0.29, 0.717) is 0 Å². The maximum absolute atomic E-state index is 6.03. The molecule has 0 amide bonds. The first-order chi connectivity index (χ1) is 8.49. The van der Waals surface area contributed by atoms with Gasteiger partial charge >= 0.3 is 0 Å². The molecule has 1 saturated heterocycles. The molecule has 0 saturated carbocycles. The molecule has 3 nitrogen and oxygen atoms in total. The van der Waals surface area contributed by atoms with Gasteiger partial charge in [0.15, 0.2) is 6.29 Å². The number of ether oxygens (including phenoxy) is 2. The molecule has 0 N–H and O–H groups in total. The summed E-state index contributed by atoms with van der Waals surface area (Å²) in [5.41, 5.74) is 4.99. The van der Waals surface area contributed by atoms with Gasteiger partial charge in [-0.15, -0.1) is 0 Å². The van der Waals surface area contributed by atoms with E-state index >= 15 is 0 Å². The van der Waals surface area contributed by atoms with E-state index in [9.17, 15) is 0 Å². The minimum Gasteiger partial charge on any atom is -0.348 e. The Labute approximate surface area is 110 Å². The SMILES string of the molecule is Cc1cc(C)c(C)c(C2OCCC(N(C)C)O2)c1. The summed E-state index contributed by atoms with van der Waals surface area (Å²) in [4.78, 5) is 2.10. The van der Waals surface area contributed by atoms with E-state index < -0.39 is 0 Å². The van der Waals surface area contributed by atoms with Gasteiger partial charge in [-0.1, -0.05) is 17.7 Å². The quantitative estimate of drug-likeness (QED) is 0.804. The fourth-order valence-corrected chi connectivity index (χ4v) is 2.39. The molecular formula is C15H23NO2. The molecule has 0 radical (unpaired) electrons. The van der Waals surface area contributed by atoms with Crippen LogP contribution in [0.3, 0.4) is 0 Å². The van der Waals surface area contributed by atoms with Crippen molar-refractivity contribution in [2.45, 2.75) is 39.7 Å². The number of hydrogen-bond acceptors (Lipinski definition) is 3. The van der Waals surface area contributed by atoms with Gasteiger partial charge in [0.1, 0.15) is 6.23 Å². The Morgan fingerprint density at radius 1 is 1.17 bits per heavy atom. The average Bonchev–Trinajstić information content (AvgIpc) is 2.34. The summed E-state index contributed by atoms with van der Waals surface area (Å²) in [7, 11) is 4.09. The van der Waals surface area contributed by atoms with Gasteiger partial charge in [0.25, 0.3) is 0 Å². The van der Waals surface area contributed by atoms with Crippen LogP contribution < -0.4 is 0 Å². The van der Waals surface area contributed by atoms with Crippen LogP contribution >= 0.6 is 0 Å². The maximum Gasteiger partial charge on any atom is 0.186 e. The highest BCUT2D eigenvalue weighted by Gasteiger charge is 2.27.